The molecule has 0 aromatic carbocycles. The number of nitrogens with one attached hydrogen (secondary N) is 2. The lowest BCUT2D eigenvalue weighted by Crippen LogP contribution is -2.42. The van der Waals surface area contributed by atoms with Crippen molar-refractivity contribution in [3.63, 3.8) is 0 Å². The van der Waals surface area contributed by atoms with E-state index in [-0.39, 0.29) is 17.0 Å². The van der Waals surface area contributed by atoms with Crippen LogP contribution in [0.2, 0.25) is 0 Å². The number of pyridine rings is 1. The minimum absolute atomic E-state index is 0.239. The minimum atomic E-state index is -0.275. The lowest BCUT2D eigenvalue weighted by Gasteiger charge is -2.26. The number of ether oxygens (including phenoxy) is 1. The van der Waals surface area contributed by atoms with Gasteiger partial charge in [-0.2, -0.15) is 0 Å². The van der Waals surface area contributed by atoms with Gasteiger partial charge in [0.05, 0.1) is 13.2 Å². The second-order valence-electron chi connectivity index (χ2n) is 5.93. The zero-order valence-electron chi connectivity index (χ0n) is 12.8. The first-order valence-corrected chi connectivity index (χ1v) is 8.07. The number of carbonyl (C=O) groups excluding carboxylic acids is 1. The number of nitrogens with zero attached hydrogens (tertiary/aromatic N) is 1. The molecule has 22 heavy (non-hydrogen) atoms. The van der Waals surface area contributed by atoms with E-state index in [4.69, 9.17) is 4.74 Å². The van der Waals surface area contributed by atoms with E-state index in [1.807, 2.05) is 0 Å². The summed E-state index contributed by atoms with van der Waals surface area (Å²) in [6.45, 7) is 4.63. The molecule has 2 N–H and O–H groups in total. The lowest BCUT2D eigenvalue weighted by atomic mass is 9.95. The van der Waals surface area contributed by atoms with Crippen molar-refractivity contribution in [2.45, 2.75) is 25.7 Å². The fourth-order valence-corrected chi connectivity index (χ4v) is 3.09. The van der Waals surface area contributed by atoms with Crippen LogP contribution in [0.4, 0.5) is 0 Å². The number of carbonyl (C=O) groups is 1. The topological polar surface area (TPSA) is 74.4 Å². The Labute approximate surface area is 129 Å². The molecule has 120 valence electrons. The van der Waals surface area contributed by atoms with Gasteiger partial charge in [0.25, 0.3) is 11.5 Å². The Morgan fingerprint density at radius 2 is 2.05 bits per heavy atom. The van der Waals surface area contributed by atoms with Gasteiger partial charge < -0.3 is 15.0 Å². The first-order chi connectivity index (χ1) is 10.7. The van der Waals surface area contributed by atoms with Gasteiger partial charge in [0.2, 0.25) is 0 Å². The summed E-state index contributed by atoms with van der Waals surface area (Å²) in [6, 6.07) is 1.78. The van der Waals surface area contributed by atoms with Gasteiger partial charge in [-0.15, -0.1) is 0 Å². The SMILES string of the molecule is O=C(NCCN1CCOCC1)c1cc2c([nH]c1=O)CCCC2. The number of morpholine rings is 1. The highest BCUT2D eigenvalue weighted by molar-refractivity contribution is 5.94. The van der Waals surface area contributed by atoms with Crippen molar-refractivity contribution < 1.29 is 9.53 Å². The summed E-state index contributed by atoms with van der Waals surface area (Å²) >= 11 is 0. The molecule has 2 heterocycles. The van der Waals surface area contributed by atoms with Crippen molar-refractivity contribution in [2.75, 3.05) is 39.4 Å². The quantitative estimate of drug-likeness (QED) is 0.840. The van der Waals surface area contributed by atoms with E-state index >= 15 is 0 Å². The molecule has 0 saturated carbocycles. The van der Waals surface area contributed by atoms with Crippen molar-refractivity contribution in [1.82, 2.24) is 15.2 Å². The van der Waals surface area contributed by atoms with Crippen LogP contribution in [-0.4, -0.2) is 55.2 Å². The zero-order valence-corrected chi connectivity index (χ0v) is 12.8. The molecule has 1 aliphatic heterocycles. The maximum atomic E-state index is 12.2. The second kappa shape index (κ2) is 7.07. The Hall–Kier alpha value is -1.66. The summed E-state index contributed by atoms with van der Waals surface area (Å²) in [5.74, 6) is -0.275. The number of aryl methyl sites for hydroxylation is 2. The van der Waals surface area contributed by atoms with Crippen LogP contribution in [0.15, 0.2) is 10.9 Å². The average Bonchev–Trinajstić information content (AvgIpc) is 2.55. The molecule has 0 spiro atoms. The number of hydrogen-bond donors (Lipinski definition) is 2. The Morgan fingerprint density at radius 3 is 2.86 bits per heavy atom. The molecule has 1 aromatic heterocycles. The molecule has 6 nitrogen and oxygen atoms in total. The molecule has 0 bridgehead atoms. The number of H-pyrrole nitrogens is 1. The molecule has 1 saturated heterocycles. The van der Waals surface area contributed by atoms with Crippen LogP contribution >= 0.6 is 0 Å². The Morgan fingerprint density at radius 1 is 1.27 bits per heavy atom. The molecule has 1 amide bonds. The smallest absolute Gasteiger partial charge is 0.261 e. The van der Waals surface area contributed by atoms with Crippen LogP contribution < -0.4 is 10.9 Å². The summed E-state index contributed by atoms with van der Waals surface area (Å²) in [4.78, 5) is 29.4. The Bertz CT molecular complexity index is 591. The third-order valence-corrected chi connectivity index (χ3v) is 4.40. The van der Waals surface area contributed by atoms with E-state index in [0.717, 1.165) is 69.8 Å². The van der Waals surface area contributed by atoms with Gasteiger partial charge in [-0.3, -0.25) is 14.5 Å². The van der Waals surface area contributed by atoms with Crippen LogP contribution in [-0.2, 0) is 17.6 Å². The number of aromatic nitrogens is 1. The normalized spacial score (nSPS) is 18.7. The Kier molecular flexibility index (Phi) is 4.90. The standard InChI is InChI=1S/C16H23N3O3/c20-15(17-5-6-19-7-9-22-10-8-19)13-11-12-3-1-2-4-14(12)18-16(13)21/h11H,1-10H2,(H,17,20)(H,18,21). The van der Waals surface area contributed by atoms with Crippen LogP contribution in [0.25, 0.3) is 0 Å². The van der Waals surface area contributed by atoms with Crippen LogP contribution in [0.1, 0.15) is 34.5 Å². The van der Waals surface area contributed by atoms with Crippen molar-refractivity contribution in [1.29, 1.82) is 0 Å². The average molecular weight is 305 g/mol. The zero-order chi connectivity index (χ0) is 15.4. The monoisotopic (exact) mass is 305 g/mol. The summed E-state index contributed by atoms with van der Waals surface area (Å²) in [7, 11) is 0. The molecule has 1 aromatic rings. The van der Waals surface area contributed by atoms with Gasteiger partial charge in [-0.25, -0.2) is 0 Å². The third-order valence-electron chi connectivity index (χ3n) is 4.40. The van der Waals surface area contributed by atoms with Gasteiger partial charge in [0.15, 0.2) is 0 Å². The maximum absolute atomic E-state index is 12.2. The molecule has 6 heteroatoms. The molecule has 1 aliphatic carbocycles. The number of amides is 1. The van der Waals surface area contributed by atoms with Crippen molar-refractivity contribution in [2.24, 2.45) is 0 Å². The highest BCUT2D eigenvalue weighted by atomic mass is 16.5. The molecule has 0 atom stereocenters. The first kappa shape index (κ1) is 15.2. The van der Waals surface area contributed by atoms with E-state index in [1.165, 1.54) is 0 Å². The van der Waals surface area contributed by atoms with Crippen LogP contribution in [0.3, 0.4) is 0 Å². The van der Waals surface area contributed by atoms with Gasteiger partial charge in [0.1, 0.15) is 5.56 Å². The van der Waals surface area contributed by atoms with Crippen molar-refractivity contribution in [3.8, 4) is 0 Å². The molecule has 0 radical (unpaired) electrons. The van der Waals surface area contributed by atoms with Gasteiger partial charge >= 0.3 is 0 Å². The van der Waals surface area contributed by atoms with E-state index < -0.39 is 0 Å². The molecule has 3 rings (SSSR count). The third kappa shape index (κ3) is 3.56. The van der Waals surface area contributed by atoms with E-state index in [1.54, 1.807) is 6.07 Å². The van der Waals surface area contributed by atoms with Gasteiger partial charge in [-0.1, -0.05) is 0 Å². The van der Waals surface area contributed by atoms with Crippen molar-refractivity contribution >= 4 is 5.91 Å². The van der Waals surface area contributed by atoms with Crippen molar-refractivity contribution in [3.05, 3.63) is 33.2 Å². The predicted molar refractivity (Wildman–Crippen MR) is 83.3 cm³/mol. The van der Waals surface area contributed by atoms with E-state index in [9.17, 15) is 9.59 Å². The molecular weight excluding hydrogens is 282 g/mol. The highest BCUT2D eigenvalue weighted by Crippen LogP contribution is 2.18. The van der Waals surface area contributed by atoms with E-state index in [0.29, 0.717) is 6.54 Å². The van der Waals surface area contributed by atoms with Crippen LogP contribution in [0.5, 0.6) is 0 Å². The van der Waals surface area contributed by atoms with E-state index in [2.05, 4.69) is 15.2 Å². The largest absolute Gasteiger partial charge is 0.379 e. The predicted octanol–water partition coefficient (Wildman–Crippen LogP) is 0.316. The summed E-state index contributed by atoms with van der Waals surface area (Å²) in [6.07, 6.45) is 4.08. The second-order valence-corrected chi connectivity index (χ2v) is 5.93. The highest BCUT2D eigenvalue weighted by Gasteiger charge is 2.17. The number of aromatic amines is 1. The number of rotatable bonds is 4. The van der Waals surface area contributed by atoms with Crippen LogP contribution in [0, 0.1) is 0 Å². The first-order valence-electron chi connectivity index (χ1n) is 8.07. The molecule has 1 fully saturated rings. The minimum Gasteiger partial charge on any atom is -0.379 e. The summed E-state index contributed by atoms with van der Waals surface area (Å²) in [5, 5.41) is 2.85. The Balaban J connectivity index is 1.58. The number of fused-ring (bicyclic) bond motifs is 1. The lowest BCUT2D eigenvalue weighted by molar-refractivity contribution is 0.0383. The van der Waals surface area contributed by atoms with Gasteiger partial charge in [0, 0.05) is 31.9 Å². The molecule has 0 unspecified atom stereocenters. The van der Waals surface area contributed by atoms with Gasteiger partial charge in [-0.05, 0) is 37.3 Å². The maximum Gasteiger partial charge on any atom is 0.261 e. The fraction of sp³-hybridized carbons (Fsp3) is 0.625. The molecule has 2 aliphatic rings. The summed E-state index contributed by atoms with van der Waals surface area (Å²) in [5.41, 5.74) is 2.08. The molecular formula is C16H23N3O3. The fourth-order valence-electron chi connectivity index (χ4n) is 3.09. The summed E-state index contributed by atoms with van der Waals surface area (Å²) < 4.78 is 5.29. The number of hydrogen-bond acceptors (Lipinski definition) is 4.